The van der Waals surface area contributed by atoms with Gasteiger partial charge in [0.15, 0.2) is 11.5 Å². The van der Waals surface area contributed by atoms with Crippen molar-refractivity contribution in [2.45, 2.75) is 6.92 Å². The van der Waals surface area contributed by atoms with E-state index in [0.717, 1.165) is 5.56 Å². The monoisotopic (exact) mass is 398 g/mol. The number of likely N-dealkylation sites (N-methyl/N-ethyl adjacent to an activating group) is 1. The molecule has 2 aromatic carbocycles. The molecule has 0 aromatic heterocycles. The highest BCUT2D eigenvalue weighted by Crippen LogP contribution is 2.38. The lowest BCUT2D eigenvalue weighted by atomic mass is 10.1. The van der Waals surface area contributed by atoms with Crippen molar-refractivity contribution in [1.29, 1.82) is 0 Å². The Morgan fingerprint density at radius 2 is 1.48 bits per heavy atom. The zero-order valence-corrected chi connectivity index (χ0v) is 17.5. The molecule has 7 heteroatoms. The Kier molecular flexibility index (Phi) is 7.25. The molecule has 0 spiro atoms. The van der Waals surface area contributed by atoms with Crippen LogP contribution in [0.15, 0.2) is 42.1 Å². The van der Waals surface area contributed by atoms with Crippen LogP contribution in [0.4, 0.5) is 0 Å². The first kappa shape index (κ1) is 21.8. The summed E-state index contributed by atoms with van der Waals surface area (Å²) in [6, 6.07) is 10.5. The minimum absolute atomic E-state index is 0.120. The molecular formula is C22H26N2O5. The maximum atomic E-state index is 12.7. The van der Waals surface area contributed by atoms with Crippen molar-refractivity contribution >= 4 is 17.9 Å². The standard InChI is InChI=1S/C22H26N2O5/c1-14-7-9-16(10-8-14)21(25)23-17(22(26)24(2)3)11-15-12-18(27-4)20(29-6)19(13-15)28-5/h7-13H,1-6H3,(H,23,25). The van der Waals surface area contributed by atoms with Crippen molar-refractivity contribution in [3.05, 3.63) is 58.8 Å². The van der Waals surface area contributed by atoms with E-state index >= 15 is 0 Å². The Bertz CT molecular complexity index is 892. The average molecular weight is 398 g/mol. The van der Waals surface area contributed by atoms with E-state index in [9.17, 15) is 9.59 Å². The zero-order chi connectivity index (χ0) is 21.6. The molecule has 0 aliphatic rings. The number of aryl methyl sites for hydroxylation is 1. The van der Waals surface area contributed by atoms with Crippen molar-refractivity contribution in [2.75, 3.05) is 35.4 Å². The van der Waals surface area contributed by atoms with Crippen LogP contribution in [0.3, 0.4) is 0 Å². The summed E-state index contributed by atoms with van der Waals surface area (Å²) in [5.74, 6) is 0.605. The molecule has 154 valence electrons. The molecule has 0 radical (unpaired) electrons. The molecule has 7 nitrogen and oxygen atoms in total. The number of ether oxygens (including phenoxy) is 3. The lowest BCUT2D eigenvalue weighted by molar-refractivity contribution is -0.124. The molecule has 0 unspecified atom stereocenters. The van der Waals surface area contributed by atoms with Gasteiger partial charge in [0.2, 0.25) is 5.75 Å². The lowest BCUT2D eigenvalue weighted by Gasteiger charge is -2.16. The van der Waals surface area contributed by atoms with Gasteiger partial charge in [0, 0.05) is 19.7 Å². The molecule has 2 rings (SSSR count). The van der Waals surface area contributed by atoms with E-state index in [1.165, 1.54) is 26.2 Å². The summed E-state index contributed by atoms with van der Waals surface area (Å²) >= 11 is 0. The fourth-order valence-electron chi connectivity index (χ4n) is 2.64. The normalized spacial score (nSPS) is 10.9. The van der Waals surface area contributed by atoms with Gasteiger partial charge >= 0.3 is 0 Å². The van der Waals surface area contributed by atoms with E-state index in [1.807, 2.05) is 19.1 Å². The lowest BCUT2D eigenvalue weighted by Crippen LogP contribution is -2.34. The number of amides is 2. The Hall–Kier alpha value is -3.48. The Labute approximate surface area is 170 Å². The van der Waals surface area contributed by atoms with Crippen molar-refractivity contribution in [1.82, 2.24) is 10.2 Å². The average Bonchev–Trinajstić information content (AvgIpc) is 2.72. The fourth-order valence-corrected chi connectivity index (χ4v) is 2.64. The predicted molar refractivity (Wildman–Crippen MR) is 111 cm³/mol. The zero-order valence-electron chi connectivity index (χ0n) is 17.5. The number of nitrogens with one attached hydrogen (secondary N) is 1. The summed E-state index contributed by atoms with van der Waals surface area (Å²) < 4.78 is 16.0. The SMILES string of the molecule is COc1cc(C=C(NC(=O)c2ccc(C)cc2)C(=O)N(C)C)cc(OC)c1OC. The summed E-state index contributed by atoms with van der Waals surface area (Å²) in [6.45, 7) is 1.94. The molecule has 2 amide bonds. The highest BCUT2D eigenvalue weighted by molar-refractivity contribution is 6.05. The van der Waals surface area contributed by atoms with Gasteiger partial charge in [0.25, 0.3) is 11.8 Å². The number of nitrogens with zero attached hydrogens (tertiary/aromatic N) is 1. The summed E-state index contributed by atoms with van der Waals surface area (Å²) in [5.41, 5.74) is 2.22. The first-order valence-electron chi connectivity index (χ1n) is 8.92. The van der Waals surface area contributed by atoms with Crippen LogP contribution in [0.5, 0.6) is 17.2 Å². The van der Waals surface area contributed by atoms with Crippen LogP contribution in [0, 0.1) is 6.92 Å². The number of carbonyl (C=O) groups is 2. The van der Waals surface area contributed by atoms with E-state index in [-0.39, 0.29) is 17.5 Å². The number of methoxy groups -OCH3 is 3. The molecular weight excluding hydrogens is 372 g/mol. The van der Waals surface area contributed by atoms with Crippen LogP contribution in [0.25, 0.3) is 6.08 Å². The van der Waals surface area contributed by atoms with Gasteiger partial charge in [-0.2, -0.15) is 0 Å². The highest BCUT2D eigenvalue weighted by Gasteiger charge is 2.18. The van der Waals surface area contributed by atoms with Crippen LogP contribution in [0.1, 0.15) is 21.5 Å². The molecule has 0 saturated carbocycles. The second kappa shape index (κ2) is 9.64. The number of hydrogen-bond donors (Lipinski definition) is 1. The van der Waals surface area contributed by atoms with Crippen LogP contribution < -0.4 is 19.5 Å². The van der Waals surface area contributed by atoms with Crippen LogP contribution in [-0.2, 0) is 4.79 Å². The maximum absolute atomic E-state index is 12.7. The number of benzene rings is 2. The van der Waals surface area contributed by atoms with Crippen LogP contribution in [0.2, 0.25) is 0 Å². The summed E-state index contributed by atoms with van der Waals surface area (Å²) in [4.78, 5) is 26.7. The molecule has 0 aliphatic heterocycles. The van der Waals surface area contributed by atoms with Crippen LogP contribution >= 0.6 is 0 Å². The van der Waals surface area contributed by atoms with Crippen molar-refractivity contribution < 1.29 is 23.8 Å². The molecule has 0 saturated heterocycles. The van der Waals surface area contributed by atoms with E-state index in [1.54, 1.807) is 44.4 Å². The van der Waals surface area contributed by atoms with Crippen LogP contribution in [-0.4, -0.2) is 52.1 Å². The second-order valence-corrected chi connectivity index (χ2v) is 6.54. The van der Waals surface area contributed by atoms with Gasteiger partial charge in [0.1, 0.15) is 5.70 Å². The van der Waals surface area contributed by atoms with Gasteiger partial charge in [0.05, 0.1) is 21.3 Å². The smallest absolute Gasteiger partial charge is 0.269 e. The molecule has 0 atom stereocenters. The molecule has 0 fully saturated rings. The van der Waals surface area contributed by atoms with Gasteiger partial charge in [-0.05, 0) is 42.8 Å². The molecule has 2 aromatic rings. The third-order valence-corrected chi connectivity index (χ3v) is 4.20. The second-order valence-electron chi connectivity index (χ2n) is 6.54. The number of hydrogen-bond acceptors (Lipinski definition) is 5. The summed E-state index contributed by atoms with van der Waals surface area (Å²) in [6.07, 6.45) is 1.57. The number of rotatable bonds is 7. The first-order valence-corrected chi connectivity index (χ1v) is 8.92. The molecule has 0 heterocycles. The molecule has 0 aliphatic carbocycles. The highest BCUT2D eigenvalue weighted by atomic mass is 16.5. The minimum atomic E-state index is -0.376. The molecule has 29 heavy (non-hydrogen) atoms. The topological polar surface area (TPSA) is 77.1 Å². The maximum Gasteiger partial charge on any atom is 0.269 e. The van der Waals surface area contributed by atoms with Crippen molar-refractivity contribution in [2.24, 2.45) is 0 Å². The Morgan fingerprint density at radius 1 is 0.931 bits per heavy atom. The third kappa shape index (κ3) is 5.28. The number of carbonyl (C=O) groups excluding carboxylic acids is 2. The third-order valence-electron chi connectivity index (χ3n) is 4.20. The quantitative estimate of drug-likeness (QED) is 0.726. The van der Waals surface area contributed by atoms with E-state index in [0.29, 0.717) is 28.4 Å². The van der Waals surface area contributed by atoms with E-state index in [4.69, 9.17) is 14.2 Å². The van der Waals surface area contributed by atoms with E-state index < -0.39 is 0 Å². The largest absolute Gasteiger partial charge is 0.493 e. The minimum Gasteiger partial charge on any atom is -0.493 e. The predicted octanol–water partition coefficient (Wildman–Crippen LogP) is 2.88. The van der Waals surface area contributed by atoms with Gasteiger partial charge in [-0.15, -0.1) is 0 Å². The Balaban J connectivity index is 2.47. The van der Waals surface area contributed by atoms with E-state index in [2.05, 4.69) is 5.32 Å². The van der Waals surface area contributed by atoms with Crippen molar-refractivity contribution in [3.8, 4) is 17.2 Å². The Morgan fingerprint density at radius 3 is 1.93 bits per heavy atom. The van der Waals surface area contributed by atoms with Gasteiger partial charge < -0.3 is 24.4 Å². The van der Waals surface area contributed by atoms with Gasteiger partial charge in [-0.1, -0.05) is 17.7 Å². The fraction of sp³-hybridized carbons (Fsp3) is 0.273. The molecule has 0 bridgehead atoms. The summed E-state index contributed by atoms with van der Waals surface area (Å²) in [7, 11) is 7.76. The van der Waals surface area contributed by atoms with Crippen molar-refractivity contribution in [3.63, 3.8) is 0 Å². The van der Waals surface area contributed by atoms with Gasteiger partial charge in [-0.25, -0.2) is 0 Å². The first-order chi connectivity index (χ1) is 13.8. The van der Waals surface area contributed by atoms with Gasteiger partial charge in [-0.3, -0.25) is 9.59 Å². The molecule has 1 N–H and O–H groups in total. The summed E-state index contributed by atoms with van der Waals surface area (Å²) in [5, 5.41) is 2.70.